The maximum Gasteiger partial charge on any atom is 0.0936 e. The van der Waals surface area contributed by atoms with E-state index in [0.717, 1.165) is 16.4 Å². The van der Waals surface area contributed by atoms with Crippen molar-refractivity contribution in [3.05, 3.63) is 27.2 Å². The van der Waals surface area contributed by atoms with Crippen molar-refractivity contribution in [1.29, 1.82) is 0 Å². The molecule has 1 aromatic carbocycles. The highest BCUT2D eigenvalue weighted by molar-refractivity contribution is 9.10. The van der Waals surface area contributed by atoms with Crippen molar-refractivity contribution in [2.24, 2.45) is 0 Å². The van der Waals surface area contributed by atoms with Gasteiger partial charge in [0, 0.05) is 4.47 Å². The van der Waals surface area contributed by atoms with Crippen LogP contribution in [-0.4, -0.2) is 4.98 Å². The lowest BCUT2D eigenvalue weighted by atomic mass is 10.2. The molecule has 0 fully saturated rings. The second-order valence-corrected chi connectivity index (χ2v) is 4.94. The monoisotopic (exact) mass is 255 g/mol. The number of aromatic nitrogens is 1. The minimum Gasteiger partial charge on any atom is -0.241 e. The lowest BCUT2D eigenvalue weighted by Crippen LogP contribution is -1.78. The van der Waals surface area contributed by atoms with Crippen LogP contribution in [0.25, 0.3) is 10.2 Å². The number of thiazole rings is 1. The van der Waals surface area contributed by atoms with Crippen LogP contribution in [0, 0.1) is 6.92 Å². The van der Waals surface area contributed by atoms with Gasteiger partial charge in [-0.15, -0.1) is 11.3 Å². The second kappa shape index (κ2) is 3.39. The fourth-order valence-electron chi connectivity index (χ4n) is 1.30. The molecule has 0 atom stereocenters. The Hall–Kier alpha value is -0.410. The molecule has 0 amide bonds. The highest BCUT2D eigenvalue weighted by Gasteiger charge is 2.07. The fourth-order valence-corrected chi connectivity index (χ4v) is 2.85. The van der Waals surface area contributed by atoms with Gasteiger partial charge in [-0.25, -0.2) is 4.98 Å². The minimum atomic E-state index is 1.02. The summed E-state index contributed by atoms with van der Waals surface area (Å²) in [7, 11) is 0. The maximum absolute atomic E-state index is 4.58. The molecule has 68 valence electrons. The number of hydrogen-bond donors (Lipinski definition) is 0. The van der Waals surface area contributed by atoms with Crippen molar-refractivity contribution in [3.8, 4) is 0 Å². The predicted octanol–water partition coefficient (Wildman–Crippen LogP) is 3.93. The van der Waals surface area contributed by atoms with E-state index in [1.165, 1.54) is 15.3 Å². The average Bonchev–Trinajstić information content (AvgIpc) is 2.56. The van der Waals surface area contributed by atoms with Crippen molar-refractivity contribution in [2.45, 2.75) is 20.3 Å². The quantitative estimate of drug-likeness (QED) is 0.753. The molecule has 0 aliphatic rings. The summed E-state index contributed by atoms with van der Waals surface area (Å²) in [6, 6.07) is 4.20. The van der Waals surface area contributed by atoms with Crippen LogP contribution in [-0.2, 0) is 6.42 Å². The second-order valence-electron chi connectivity index (χ2n) is 3.00. The maximum atomic E-state index is 4.58. The van der Waals surface area contributed by atoms with Crippen LogP contribution in [0.15, 0.2) is 16.6 Å². The lowest BCUT2D eigenvalue weighted by molar-refractivity contribution is 1.11. The smallest absolute Gasteiger partial charge is 0.0936 e. The van der Waals surface area contributed by atoms with Crippen LogP contribution >= 0.6 is 27.3 Å². The van der Waals surface area contributed by atoms with Gasteiger partial charge in [0.2, 0.25) is 0 Å². The largest absolute Gasteiger partial charge is 0.241 e. The van der Waals surface area contributed by atoms with E-state index in [0.29, 0.717) is 0 Å². The first-order chi connectivity index (χ1) is 6.22. The van der Waals surface area contributed by atoms with Gasteiger partial charge in [-0.1, -0.05) is 13.0 Å². The fraction of sp³-hybridized carbons (Fsp3) is 0.300. The third-order valence-corrected chi connectivity index (χ3v) is 4.20. The predicted molar refractivity (Wildman–Crippen MR) is 61.4 cm³/mol. The zero-order valence-electron chi connectivity index (χ0n) is 7.60. The minimum absolute atomic E-state index is 1.02. The molecule has 0 unspecified atom stereocenters. The molecule has 0 radical (unpaired) electrons. The van der Waals surface area contributed by atoms with Gasteiger partial charge in [-0.3, -0.25) is 0 Å². The summed E-state index contributed by atoms with van der Waals surface area (Å²) in [6.07, 6.45) is 1.02. The van der Waals surface area contributed by atoms with Gasteiger partial charge < -0.3 is 0 Å². The van der Waals surface area contributed by atoms with Crippen molar-refractivity contribution in [2.75, 3.05) is 0 Å². The normalized spacial score (nSPS) is 11.0. The van der Waals surface area contributed by atoms with E-state index < -0.39 is 0 Å². The van der Waals surface area contributed by atoms with Gasteiger partial charge in [-0.05, 0) is 40.9 Å². The Labute approximate surface area is 89.9 Å². The number of nitrogens with zero attached hydrogens (tertiary/aromatic N) is 1. The molecule has 3 heteroatoms. The van der Waals surface area contributed by atoms with Gasteiger partial charge in [0.25, 0.3) is 0 Å². The molecular weight excluding hydrogens is 246 g/mol. The summed E-state index contributed by atoms with van der Waals surface area (Å²) in [6.45, 7) is 4.24. The summed E-state index contributed by atoms with van der Waals surface area (Å²) in [5.41, 5.74) is 2.41. The SMILES string of the molecule is CCc1nc2c(C)ccc(Br)c2s1. The van der Waals surface area contributed by atoms with Crippen LogP contribution < -0.4 is 0 Å². The van der Waals surface area contributed by atoms with E-state index >= 15 is 0 Å². The van der Waals surface area contributed by atoms with E-state index in [4.69, 9.17) is 0 Å². The first kappa shape index (κ1) is 9.16. The molecule has 0 spiro atoms. The summed E-state index contributed by atoms with van der Waals surface area (Å²) in [5, 5.41) is 1.21. The molecule has 0 saturated carbocycles. The first-order valence-corrected chi connectivity index (χ1v) is 5.88. The van der Waals surface area contributed by atoms with Gasteiger partial charge in [0.15, 0.2) is 0 Å². The number of hydrogen-bond acceptors (Lipinski definition) is 2. The van der Waals surface area contributed by atoms with E-state index in [9.17, 15) is 0 Å². The highest BCUT2D eigenvalue weighted by Crippen LogP contribution is 2.31. The van der Waals surface area contributed by atoms with Gasteiger partial charge in [0.1, 0.15) is 0 Å². The Morgan fingerprint density at radius 2 is 2.23 bits per heavy atom. The topological polar surface area (TPSA) is 12.9 Å². The number of fused-ring (bicyclic) bond motifs is 1. The zero-order valence-corrected chi connectivity index (χ0v) is 10.00. The molecule has 2 rings (SSSR count). The van der Waals surface area contributed by atoms with Crippen LogP contribution in [0.4, 0.5) is 0 Å². The standard InChI is InChI=1S/C10H10BrNS/c1-3-8-12-9-6(2)4-5-7(11)10(9)13-8/h4-5H,3H2,1-2H3. The molecule has 0 aliphatic carbocycles. The summed E-state index contributed by atoms with van der Waals surface area (Å²) in [4.78, 5) is 4.58. The Balaban J connectivity index is 2.80. The number of halogens is 1. The molecule has 1 aromatic heterocycles. The molecule has 2 aromatic rings. The van der Waals surface area contributed by atoms with Crippen LogP contribution in [0.3, 0.4) is 0 Å². The van der Waals surface area contributed by atoms with E-state index in [1.807, 2.05) is 0 Å². The zero-order chi connectivity index (χ0) is 9.42. The van der Waals surface area contributed by atoms with E-state index in [-0.39, 0.29) is 0 Å². The molecule has 0 N–H and O–H groups in total. The molecule has 1 nitrogen and oxygen atoms in total. The van der Waals surface area contributed by atoms with Crippen LogP contribution in [0.5, 0.6) is 0 Å². The molecule has 0 saturated heterocycles. The van der Waals surface area contributed by atoms with Gasteiger partial charge in [0.05, 0.1) is 15.2 Å². The first-order valence-electron chi connectivity index (χ1n) is 4.27. The van der Waals surface area contributed by atoms with Crippen molar-refractivity contribution < 1.29 is 0 Å². The van der Waals surface area contributed by atoms with Crippen molar-refractivity contribution in [3.63, 3.8) is 0 Å². The Bertz CT molecular complexity index is 408. The number of rotatable bonds is 1. The average molecular weight is 256 g/mol. The molecule has 1 heterocycles. The van der Waals surface area contributed by atoms with E-state index in [2.05, 4.69) is 46.9 Å². The lowest BCUT2D eigenvalue weighted by Gasteiger charge is -1.94. The third kappa shape index (κ3) is 1.51. The number of benzene rings is 1. The summed E-state index contributed by atoms with van der Waals surface area (Å²) >= 11 is 5.32. The highest BCUT2D eigenvalue weighted by atomic mass is 79.9. The van der Waals surface area contributed by atoms with Crippen molar-refractivity contribution >= 4 is 37.5 Å². The Morgan fingerprint density at radius 1 is 1.46 bits per heavy atom. The van der Waals surface area contributed by atoms with E-state index in [1.54, 1.807) is 11.3 Å². The van der Waals surface area contributed by atoms with Gasteiger partial charge >= 0.3 is 0 Å². The Morgan fingerprint density at radius 3 is 2.85 bits per heavy atom. The number of aryl methyl sites for hydroxylation is 2. The van der Waals surface area contributed by atoms with Crippen LogP contribution in [0.1, 0.15) is 17.5 Å². The third-order valence-electron chi connectivity index (χ3n) is 2.04. The van der Waals surface area contributed by atoms with Gasteiger partial charge in [-0.2, -0.15) is 0 Å². The molecule has 0 aliphatic heterocycles. The summed E-state index contributed by atoms with van der Waals surface area (Å²) in [5.74, 6) is 0. The molecule has 0 bridgehead atoms. The van der Waals surface area contributed by atoms with Crippen molar-refractivity contribution in [1.82, 2.24) is 4.98 Å². The van der Waals surface area contributed by atoms with Crippen LogP contribution in [0.2, 0.25) is 0 Å². The summed E-state index contributed by atoms with van der Waals surface area (Å²) < 4.78 is 2.43. The molecule has 13 heavy (non-hydrogen) atoms. The molecular formula is C10H10BrNS. The Kier molecular flexibility index (Phi) is 2.39.